The Hall–Kier alpha value is -1.29. The normalized spacial score (nSPS) is 10.9. The zero-order valence-electron chi connectivity index (χ0n) is 14.4. The van der Waals surface area contributed by atoms with Gasteiger partial charge in [0.1, 0.15) is 11.6 Å². The first kappa shape index (κ1) is 18.8. The van der Waals surface area contributed by atoms with E-state index in [4.69, 9.17) is 5.11 Å². The Bertz CT molecular complexity index is 433. The van der Waals surface area contributed by atoms with Gasteiger partial charge >= 0.3 is 0 Å². The minimum atomic E-state index is 0.321. The molecular formula is C18H32N2O2. The van der Waals surface area contributed by atoms with Gasteiger partial charge in [-0.25, -0.2) is 4.98 Å². The molecule has 4 nitrogen and oxygen atoms in total. The van der Waals surface area contributed by atoms with Crippen LogP contribution in [0.4, 0.5) is 5.82 Å². The number of aryl methyl sites for hydroxylation is 2. The molecule has 126 valence electrons. The Morgan fingerprint density at radius 2 is 1.50 bits per heavy atom. The lowest BCUT2D eigenvalue weighted by atomic mass is 10.0. The first-order valence-electron chi connectivity index (χ1n) is 8.54. The Labute approximate surface area is 135 Å². The van der Waals surface area contributed by atoms with Crippen LogP contribution in [0.15, 0.2) is 6.07 Å². The summed E-state index contributed by atoms with van der Waals surface area (Å²) in [5.74, 6) is 1.27. The molecule has 0 amide bonds. The first-order chi connectivity index (χ1) is 10.6. The number of hydrogen-bond donors (Lipinski definition) is 2. The third kappa shape index (κ3) is 6.65. The molecule has 0 radical (unpaired) electrons. The zero-order chi connectivity index (χ0) is 16.4. The van der Waals surface area contributed by atoms with E-state index in [0.29, 0.717) is 12.4 Å². The van der Waals surface area contributed by atoms with Gasteiger partial charge < -0.3 is 15.1 Å². The van der Waals surface area contributed by atoms with Crippen molar-refractivity contribution in [2.24, 2.45) is 0 Å². The molecule has 0 unspecified atom stereocenters. The molecule has 0 aliphatic heterocycles. The number of aromatic nitrogens is 1. The maximum absolute atomic E-state index is 10.1. The van der Waals surface area contributed by atoms with E-state index in [0.717, 1.165) is 42.8 Å². The molecule has 22 heavy (non-hydrogen) atoms. The van der Waals surface area contributed by atoms with Crippen molar-refractivity contribution in [1.82, 2.24) is 4.98 Å². The van der Waals surface area contributed by atoms with Crippen molar-refractivity contribution in [2.75, 3.05) is 25.6 Å². The van der Waals surface area contributed by atoms with E-state index in [1.54, 1.807) is 0 Å². The standard InChI is InChI=1S/C18H32N2O2/c1-15-14-17(20(2)3)19-16(18(15)22)12-10-8-6-4-5-7-9-11-13-21/h14,21-22H,4-13H2,1-3H3. The van der Waals surface area contributed by atoms with Gasteiger partial charge in [0.05, 0.1) is 5.69 Å². The van der Waals surface area contributed by atoms with Crippen LogP contribution in [0.25, 0.3) is 0 Å². The highest BCUT2D eigenvalue weighted by atomic mass is 16.3. The lowest BCUT2D eigenvalue weighted by Gasteiger charge is -2.15. The molecular weight excluding hydrogens is 276 g/mol. The highest BCUT2D eigenvalue weighted by Crippen LogP contribution is 2.26. The SMILES string of the molecule is Cc1cc(N(C)C)nc(CCCCCCCCCCO)c1O. The van der Waals surface area contributed by atoms with Crippen LogP contribution in [0.3, 0.4) is 0 Å². The fraction of sp³-hybridized carbons (Fsp3) is 0.722. The fourth-order valence-electron chi connectivity index (χ4n) is 2.58. The van der Waals surface area contributed by atoms with Crippen molar-refractivity contribution in [2.45, 2.75) is 64.7 Å². The third-order valence-corrected chi connectivity index (χ3v) is 4.02. The van der Waals surface area contributed by atoms with Gasteiger partial charge in [-0.1, -0.05) is 38.5 Å². The van der Waals surface area contributed by atoms with Crippen LogP contribution in [0.1, 0.15) is 62.6 Å². The van der Waals surface area contributed by atoms with Gasteiger partial charge in [-0.15, -0.1) is 0 Å². The lowest BCUT2D eigenvalue weighted by molar-refractivity contribution is 0.282. The number of rotatable bonds is 11. The molecule has 2 N–H and O–H groups in total. The number of anilines is 1. The van der Waals surface area contributed by atoms with E-state index in [-0.39, 0.29) is 0 Å². The van der Waals surface area contributed by atoms with Crippen LogP contribution in [0, 0.1) is 6.92 Å². The van der Waals surface area contributed by atoms with Gasteiger partial charge in [0, 0.05) is 20.7 Å². The monoisotopic (exact) mass is 308 g/mol. The van der Waals surface area contributed by atoms with Crippen molar-refractivity contribution >= 4 is 5.82 Å². The molecule has 0 atom stereocenters. The predicted octanol–water partition coefficient (Wildman–Crippen LogP) is 3.82. The van der Waals surface area contributed by atoms with Crippen LogP contribution in [-0.2, 0) is 6.42 Å². The molecule has 0 spiro atoms. The van der Waals surface area contributed by atoms with Gasteiger partial charge in [0.15, 0.2) is 0 Å². The summed E-state index contributed by atoms with van der Waals surface area (Å²) in [6.45, 7) is 2.25. The largest absolute Gasteiger partial charge is 0.506 e. The second-order valence-electron chi connectivity index (χ2n) is 6.29. The van der Waals surface area contributed by atoms with Crippen LogP contribution in [0.5, 0.6) is 5.75 Å². The molecule has 1 rings (SSSR count). The summed E-state index contributed by atoms with van der Waals surface area (Å²) in [5.41, 5.74) is 1.73. The predicted molar refractivity (Wildman–Crippen MR) is 92.7 cm³/mol. The molecule has 1 heterocycles. The van der Waals surface area contributed by atoms with Crippen molar-refractivity contribution in [1.29, 1.82) is 0 Å². The van der Waals surface area contributed by atoms with Gasteiger partial charge in [0.25, 0.3) is 0 Å². The van der Waals surface area contributed by atoms with Crippen LogP contribution >= 0.6 is 0 Å². The van der Waals surface area contributed by atoms with E-state index in [9.17, 15) is 5.11 Å². The van der Waals surface area contributed by atoms with Crippen LogP contribution < -0.4 is 4.90 Å². The van der Waals surface area contributed by atoms with Gasteiger partial charge in [-0.05, 0) is 37.8 Å². The summed E-state index contributed by atoms with van der Waals surface area (Å²) in [5, 5.41) is 18.8. The van der Waals surface area contributed by atoms with Crippen molar-refractivity contribution < 1.29 is 10.2 Å². The molecule has 0 saturated heterocycles. The summed E-state index contributed by atoms with van der Waals surface area (Å²) in [6.07, 6.45) is 10.2. The minimum absolute atomic E-state index is 0.321. The zero-order valence-corrected chi connectivity index (χ0v) is 14.4. The van der Waals surface area contributed by atoms with Crippen molar-refractivity contribution in [3.8, 4) is 5.75 Å². The lowest BCUT2D eigenvalue weighted by Crippen LogP contribution is -2.12. The number of aliphatic hydroxyl groups excluding tert-OH is 1. The number of unbranched alkanes of at least 4 members (excludes halogenated alkanes) is 7. The quantitative estimate of drug-likeness (QED) is 0.610. The van der Waals surface area contributed by atoms with E-state index in [2.05, 4.69) is 4.98 Å². The van der Waals surface area contributed by atoms with E-state index >= 15 is 0 Å². The summed E-state index contributed by atoms with van der Waals surface area (Å²) in [7, 11) is 3.94. The maximum Gasteiger partial charge on any atom is 0.140 e. The smallest absolute Gasteiger partial charge is 0.140 e. The number of aromatic hydroxyl groups is 1. The molecule has 1 aromatic heterocycles. The number of aliphatic hydroxyl groups is 1. The Balaban J connectivity index is 2.27. The summed E-state index contributed by atoms with van der Waals surface area (Å²) < 4.78 is 0. The summed E-state index contributed by atoms with van der Waals surface area (Å²) >= 11 is 0. The topological polar surface area (TPSA) is 56.6 Å². The second kappa shape index (κ2) is 10.4. The van der Waals surface area contributed by atoms with Crippen molar-refractivity contribution in [3.63, 3.8) is 0 Å². The minimum Gasteiger partial charge on any atom is -0.506 e. The van der Waals surface area contributed by atoms with Gasteiger partial charge in [-0.3, -0.25) is 0 Å². The molecule has 4 heteroatoms. The second-order valence-corrected chi connectivity index (χ2v) is 6.29. The van der Waals surface area contributed by atoms with Crippen LogP contribution in [0.2, 0.25) is 0 Å². The Kier molecular flexibility index (Phi) is 8.90. The molecule has 0 fully saturated rings. The maximum atomic E-state index is 10.1. The highest BCUT2D eigenvalue weighted by molar-refractivity contribution is 5.47. The van der Waals surface area contributed by atoms with E-state index in [1.807, 2.05) is 32.0 Å². The van der Waals surface area contributed by atoms with E-state index < -0.39 is 0 Å². The average Bonchev–Trinajstić information content (AvgIpc) is 2.49. The molecule has 0 bridgehead atoms. The van der Waals surface area contributed by atoms with Gasteiger partial charge in [0.2, 0.25) is 0 Å². The highest BCUT2D eigenvalue weighted by Gasteiger charge is 2.09. The molecule has 0 aliphatic rings. The molecule has 1 aromatic rings. The molecule has 0 aliphatic carbocycles. The van der Waals surface area contributed by atoms with Crippen LogP contribution in [-0.4, -0.2) is 35.9 Å². The third-order valence-electron chi connectivity index (χ3n) is 4.02. The molecule has 0 saturated carbocycles. The number of pyridine rings is 1. The molecule has 0 aromatic carbocycles. The summed E-state index contributed by atoms with van der Waals surface area (Å²) in [6, 6.07) is 1.92. The number of nitrogens with zero attached hydrogens (tertiary/aromatic N) is 2. The Morgan fingerprint density at radius 3 is 2.05 bits per heavy atom. The van der Waals surface area contributed by atoms with E-state index in [1.165, 1.54) is 32.1 Å². The Morgan fingerprint density at radius 1 is 0.955 bits per heavy atom. The van der Waals surface area contributed by atoms with Crippen molar-refractivity contribution in [3.05, 3.63) is 17.3 Å². The first-order valence-corrected chi connectivity index (χ1v) is 8.54. The average molecular weight is 308 g/mol. The fourth-order valence-corrected chi connectivity index (χ4v) is 2.58. The number of hydrogen-bond acceptors (Lipinski definition) is 4. The van der Waals surface area contributed by atoms with Gasteiger partial charge in [-0.2, -0.15) is 0 Å². The summed E-state index contributed by atoms with van der Waals surface area (Å²) in [4.78, 5) is 6.53.